The van der Waals surface area contributed by atoms with Gasteiger partial charge < -0.3 is 10.2 Å². The number of nitrogens with zero attached hydrogens (tertiary/aromatic N) is 1. The fourth-order valence-electron chi connectivity index (χ4n) is 1.15. The fraction of sp³-hybridized carbons (Fsp3) is 1.00. The van der Waals surface area contributed by atoms with Crippen LogP contribution < -0.4 is 5.32 Å². The molecule has 0 aromatic rings. The summed E-state index contributed by atoms with van der Waals surface area (Å²) in [7, 11) is 4.21. The van der Waals surface area contributed by atoms with Gasteiger partial charge in [0.2, 0.25) is 0 Å². The number of hydrogen-bond acceptors (Lipinski definition) is 2. The summed E-state index contributed by atoms with van der Waals surface area (Å²) in [6, 6.07) is 0. The third-order valence-corrected chi connectivity index (χ3v) is 2.13. The highest BCUT2D eigenvalue weighted by molar-refractivity contribution is 6.20. The van der Waals surface area contributed by atoms with E-state index in [-0.39, 0.29) is 0 Å². The van der Waals surface area contributed by atoms with Crippen LogP contribution in [-0.2, 0) is 0 Å². The van der Waals surface area contributed by atoms with Crippen molar-refractivity contribution < 1.29 is 0 Å². The molecule has 13 heavy (non-hydrogen) atoms. The molecule has 0 radical (unpaired) electrons. The molecule has 0 rings (SSSR count). The van der Waals surface area contributed by atoms with Crippen molar-refractivity contribution in [1.82, 2.24) is 10.2 Å². The highest BCUT2D eigenvalue weighted by Gasteiger charge is 1.95. The van der Waals surface area contributed by atoms with Crippen molar-refractivity contribution in [2.75, 3.05) is 33.7 Å². The maximum Gasteiger partial charge on any atom is 0.0308 e. The lowest BCUT2D eigenvalue weighted by atomic mass is 10.2. The van der Waals surface area contributed by atoms with Crippen LogP contribution in [-0.4, -0.2) is 44.0 Å². The second kappa shape index (κ2) is 8.79. The summed E-state index contributed by atoms with van der Waals surface area (Å²) in [5, 5.41) is 3.73. The molecule has 1 N–H and O–H groups in total. The summed E-state index contributed by atoms with van der Waals surface area (Å²) in [6.07, 6.45) is 3.53. The molecule has 0 amide bonds. The minimum absolute atomic E-state index is 0.323. The van der Waals surface area contributed by atoms with Crippen LogP contribution in [0.5, 0.6) is 0 Å². The normalized spacial score (nSPS) is 13.6. The maximum atomic E-state index is 5.82. The first kappa shape index (κ1) is 13.2. The van der Waals surface area contributed by atoms with Gasteiger partial charge in [-0.3, -0.25) is 0 Å². The van der Waals surface area contributed by atoms with E-state index in [2.05, 4.69) is 24.3 Å². The van der Waals surface area contributed by atoms with E-state index in [4.69, 9.17) is 11.6 Å². The zero-order valence-corrected chi connectivity index (χ0v) is 9.90. The van der Waals surface area contributed by atoms with E-state index in [1.165, 1.54) is 19.4 Å². The average molecular weight is 207 g/mol. The van der Waals surface area contributed by atoms with Crippen LogP contribution in [0.25, 0.3) is 0 Å². The van der Waals surface area contributed by atoms with Crippen LogP contribution in [0.3, 0.4) is 0 Å². The third kappa shape index (κ3) is 12.2. The van der Waals surface area contributed by atoms with E-state index in [1.807, 2.05) is 6.92 Å². The molecule has 1 unspecified atom stereocenters. The van der Waals surface area contributed by atoms with Crippen LogP contribution in [0.4, 0.5) is 0 Å². The molecule has 0 saturated heterocycles. The number of halogens is 1. The van der Waals surface area contributed by atoms with Gasteiger partial charge in [-0.1, -0.05) is 0 Å². The van der Waals surface area contributed by atoms with Crippen LogP contribution in [0.1, 0.15) is 26.2 Å². The van der Waals surface area contributed by atoms with Crippen molar-refractivity contribution in [2.45, 2.75) is 31.6 Å². The van der Waals surface area contributed by atoms with Gasteiger partial charge in [0.15, 0.2) is 0 Å². The van der Waals surface area contributed by atoms with Gasteiger partial charge in [-0.05, 0) is 59.9 Å². The summed E-state index contributed by atoms with van der Waals surface area (Å²) < 4.78 is 0. The predicted molar refractivity (Wildman–Crippen MR) is 60.6 cm³/mol. The van der Waals surface area contributed by atoms with Gasteiger partial charge >= 0.3 is 0 Å². The van der Waals surface area contributed by atoms with Crippen molar-refractivity contribution in [3.63, 3.8) is 0 Å². The predicted octanol–water partition coefficient (Wildman–Crippen LogP) is 1.94. The number of alkyl halides is 1. The molecule has 0 heterocycles. The Morgan fingerprint density at radius 3 is 2.38 bits per heavy atom. The molecule has 0 aliphatic carbocycles. The van der Waals surface area contributed by atoms with Crippen molar-refractivity contribution in [3.05, 3.63) is 0 Å². The molecule has 1 atom stereocenters. The Bertz CT molecular complexity index is 93.1. The molecule has 0 aliphatic heterocycles. The average Bonchev–Trinajstić information content (AvgIpc) is 2.01. The Morgan fingerprint density at radius 2 is 1.85 bits per heavy atom. The SMILES string of the molecule is CC(Cl)CCCNCCCN(C)C. The molecular weight excluding hydrogens is 184 g/mol. The first-order valence-electron chi connectivity index (χ1n) is 5.12. The highest BCUT2D eigenvalue weighted by atomic mass is 35.5. The summed E-state index contributed by atoms with van der Waals surface area (Å²) in [6.45, 7) is 5.44. The van der Waals surface area contributed by atoms with Gasteiger partial charge in [0.05, 0.1) is 0 Å². The first-order chi connectivity index (χ1) is 6.13. The Hall–Kier alpha value is 0.210. The van der Waals surface area contributed by atoms with Crippen molar-refractivity contribution in [3.8, 4) is 0 Å². The Labute approximate surface area is 87.6 Å². The van der Waals surface area contributed by atoms with E-state index >= 15 is 0 Å². The van der Waals surface area contributed by atoms with Crippen LogP contribution in [0.15, 0.2) is 0 Å². The van der Waals surface area contributed by atoms with Crippen LogP contribution in [0.2, 0.25) is 0 Å². The van der Waals surface area contributed by atoms with Crippen LogP contribution >= 0.6 is 11.6 Å². The molecule has 2 nitrogen and oxygen atoms in total. The van der Waals surface area contributed by atoms with Crippen molar-refractivity contribution >= 4 is 11.6 Å². The molecule has 0 fully saturated rings. The number of rotatable bonds is 8. The molecule has 0 bridgehead atoms. The standard InChI is InChI=1S/C10H23ClN2/c1-10(11)6-4-7-12-8-5-9-13(2)3/h10,12H,4-9H2,1-3H3. The lowest BCUT2D eigenvalue weighted by molar-refractivity contribution is 0.394. The lowest BCUT2D eigenvalue weighted by Gasteiger charge is -2.09. The number of nitrogens with one attached hydrogen (secondary N) is 1. The molecule has 0 aliphatic rings. The van der Waals surface area contributed by atoms with Crippen LogP contribution in [0, 0.1) is 0 Å². The second-order valence-electron chi connectivity index (χ2n) is 3.83. The van der Waals surface area contributed by atoms with E-state index in [1.54, 1.807) is 0 Å². The van der Waals surface area contributed by atoms with E-state index < -0.39 is 0 Å². The van der Waals surface area contributed by atoms with E-state index in [0.717, 1.165) is 19.5 Å². The van der Waals surface area contributed by atoms with Gasteiger partial charge in [-0.2, -0.15) is 0 Å². The summed E-state index contributed by atoms with van der Waals surface area (Å²) in [5.41, 5.74) is 0. The smallest absolute Gasteiger partial charge is 0.0308 e. The fourth-order valence-corrected chi connectivity index (χ4v) is 1.31. The summed E-state index contributed by atoms with van der Waals surface area (Å²) in [4.78, 5) is 2.21. The lowest BCUT2D eigenvalue weighted by Crippen LogP contribution is -2.22. The topological polar surface area (TPSA) is 15.3 Å². The Balaban J connectivity index is 2.92. The summed E-state index contributed by atoms with van der Waals surface area (Å²) >= 11 is 5.82. The zero-order valence-electron chi connectivity index (χ0n) is 9.15. The molecule has 0 spiro atoms. The Morgan fingerprint density at radius 1 is 1.23 bits per heavy atom. The van der Waals surface area contributed by atoms with Gasteiger partial charge in [-0.15, -0.1) is 11.6 Å². The molecule has 0 aromatic heterocycles. The monoisotopic (exact) mass is 206 g/mol. The summed E-state index contributed by atoms with van der Waals surface area (Å²) in [5.74, 6) is 0. The molecule has 0 saturated carbocycles. The molecule has 0 aromatic carbocycles. The third-order valence-electron chi connectivity index (χ3n) is 1.91. The second-order valence-corrected chi connectivity index (χ2v) is 4.57. The Kier molecular flexibility index (Phi) is 8.93. The first-order valence-corrected chi connectivity index (χ1v) is 5.56. The largest absolute Gasteiger partial charge is 0.317 e. The highest BCUT2D eigenvalue weighted by Crippen LogP contribution is 2.01. The van der Waals surface area contributed by atoms with Gasteiger partial charge in [-0.25, -0.2) is 0 Å². The maximum absolute atomic E-state index is 5.82. The number of hydrogen-bond donors (Lipinski definition) is 1. The zero-order chi connectivity index (χ0) is 10.1. The quantitative estimate of drug-likeness (QED) is 0.483. The molecular formula is C10H23ClN2. The minimum Gasteiger partial charge on any atom is -0.317 e. The van der Waals surface area contributed by atoms with E-state index in [0.29, 0.717) is 5.38 Å². The van der Waals surface area contributed by atoms with Gasteiger partial charge in [0.25, 0.3) is 0 Å². The minimum atomic E-state index is 0.323. The van der Waals surface area contributed by atoms with E-state index in [9.17, 15) is 0 Å². The molecule has 3 heteroatoms. The van der Waals surface area contributed by atoms with Crippen molar-refractivity contribution in [2.24, 2.45) is 0 Å². The van der Waals surface area contributed by atoms with Crippen molar-refractivity contribution in [1.29, 1.82) is 0 Å². The van der Waals surface area contributed by atoms with Gasteiger partial charge in [0, 0.05) is 5.38 Å². The van der Waals surface area contributed by atoms with Gasteiger partial charge in [0.1, 0.15) is 0 Å². The molecule has 80 valence electrons.